The van der Waals surface area contributed by atoms with Crippen molar-refractivity contribution in [3.05, 3.63) is 29.5 Å². The van der Waals surface area contributed by atoms with Crippen LogP contribution in [0.15, 0.2) is 29.5 Å². The van der Waals surface area contributed by atoms with Crippen molar-refractivity contribution in [2.24, 2.45) is 0 Å². The fourth-order valence-corrected chi connectivity index (χ4v) is 0.831. The predicted octanol–water partition coefficient (Wildman–Crippen LogP) is 1.53. The van der Waals surface area contributed by atoms with Gasteiger partial charge < -0.3 is 4.90 Å². The van der Waals surface area contributed by atoms with Gasteiger partial charge in [0.05, 0.1) is 5.57 Å². The van der Waals surface area contributed by atoms with Crippen molar-refractivity contribution in [3.8, 4) is 0 Å². The van der Waals surface area contributed by atoms with Gasteiger partial charge >= 0.3 is 0 Å². The van der Waals surface area contributed by atoms with Crippen molar-refractivity contribution in [2.45, 2.75) is 0 Å². The molecule has 0 aromatic carbocycles. The van der Waals surface area contributed by atoms with Gasteiger partial charge in [-0.15, -0.1) is 5.73 Å². The molecule has 0 aromatic rings. The Balaban J connectivity index is 2.77. The molecule has 0 atom stereocenters. The van der Waals surface area contributed by atoms with Crippen molar-refractivity contribution < 1.29 is 0 Å². The predicted molar refractivity (Wildman–Crippen MR) is 47.0 cm³/mol. The first-order valence-corrected chi connectivity index (χ1v) is 3.47. The van der Waals surface area contributed by atoms with Crippen LogP contribution in [0.1, 0.15) is 0 Å². The van der Waals surface area contributed by atoms with Crippen molar-refractivity contribution in [1.29, 1.82) is 0 Å². The van der Waals surface area contributed by atoms with Crippen LogP contribution in [-0.4, -0.2) is 24.0 Å². The maximum absolute atomic E-state index is 5.09. The van der Waals surface area contributed by atoms with Gasteiger partial charge in [0.15, 0.2) is 0 Å². The molecule has 0 saturated carbocycles. The molecule has 0 aliphatic heterocycles. The van der Waals surface area contributed by atoms with Crippen molar-refractivity contribution in [3.63, 3.8) is 0 Å². The largest absolute Gasteiger partial charge is 0.368 e. The zero-order valence-corrected chi connectivity index (χ0v) is 6.90. The van der Waals surface area contributed by atoms with Gasteiger partial charge in [-0.05, 0) is 12.2 Å². The highest BCUT2D eigenvalue weighted by molar-refractivity contribution is 7.80. The first-order chi connectivity index (χ1) is 4.72. The molecule has 0 heterocycles. The number of thiocarbonyl (C=S) groups is 1. The van der Waals surface area contributed by atoms with E-state index in [0.717, 1.165) is 10.6 Å². The lowest BCUT2D eigenvalue weighted by Crippen LogP contribution is -2.20. The van der Waals surface area contributed by atoms with Crippen molar-refractivity contribution in [1.82, 2.24) is 4.90 Å². The number of hydrogen-bond acceptors (Lipinski definition) is 1. The Hall–Kier alpha value is -0.850. The maximum atomic E-state index is 5.09. The second kappa shape index (κ2) is 2.82. The molecule has 2 heteroatoms. The van der Waals surface area contributed by atoms with Gasteiger partial charge in [0, 0.05) is 14.1 Å². The van der Waals surface area contributed by atoms with Crippen LogP contribution in [0.4, 0.5) is 0 Å². The lowest BCUT2D eigenvalue weighted by molar-refractivity contribution is 0.637. The minimum Gasteiger partial charge on any atom is -0.368 e. The van der Waals surface area contributed by atoms with Crippen LogP contribution in [0.5, 0.6) is 0 Å². The lowest BCUT2D eigenvalue weighted by Gasteiger charge is -2.11. The molecule has 1 rings (SSSR count). The van der Waals surface area contributed by atoms with E-state index >= 15 is 0 Å². The van der Waals surface area contributed by atoms with Gasteiger partial charge in [-0.1, -0.05) is 18.3 Å². The highest BCUT2D eigenvalue weighted by Crippen LogP contribution is 2.05. The molecule has 52 valence electrons. The molecule has 0 bridgehead atoms. The Morgan fingerprint density at radius 2 is 2.30 bits per heavy atom. The van der Waals surface area contributed by atoms with Crippen LogP contribution in [-0.2, 0) is 0 Å². The van der Waals surface area contributed by atoms with Gasteiger partial charge in [-0.25, -0.2) is 0 Å². The normalized spacial score (nSPS) is 13.6. The molecule has 0 unspecified atom stereocenters. The summed E-state index contributed by atoms with van der Waals surface area (Å²) in [6.45, 7) is 0. The highest BCUT2D eigenvalue weighted by atomic mass is 32.1. The summed E-state index contributed by atoms with van der Waals surface area (Å²) in [6, 6.07) is 0. The van der Waals surface area contributed by atoms with E-state index in [1.54, 1.807) is 0 Å². The fraction of sp³-hybridized carbons (Fsp3) is 0.250. The minimum atomic E-state index is 0.838. The summed E-state index contributed by atoms with van der Waals surface area (Å²) in [5.41, 5.74) is 4.04. The molecule has 0 N–H and O–H groups in total. The summed E-state index contributed by atoms with van der Waals surface area (Å²) < 4.78 is 0. The van der Waals surface area contributed by atoms with Crippen molar-refractivity contribution >= 4 is 17.2 Å². The molecule has 0 amide bonds. The van der Waals surface area contributed by atoms with Crippen LogP contribution < -0.4 is 0 Å². The summed E-state index contributed by atoms with van der Waals surface area (Å²) in [7, 11) is 3.87. The van der Waals surface area contributed by atoms with Gasteiger partial charge in [0.2, 0.25) is 0 Å². The van der Waals surface area contributed by atoms with E-state index in [2.05, 4.69) is 5.73 Å². The van der Waals surface area contributed by atoms with E-state index in [4.69, 9.17) is 12.2 Å². The number of likely N-dealkylation sites (N-methyl/N-ethyl adjacent to an activating group) is 1. The third-order valence-corrected chi connectivity index (χ3v) is 1.82. The zero-order chi connectivity index (χ0) is 7.56. The SMILES string of the molecule is CN(C)C(=S)C1=C=CC=C1. The number of hydrogen-bond donors (Lipinski definition) is 0. The van der Waals surface area contributed by atoms with E-state index in [1.807, 2.05) is 37.2 Å². The van der Waals surface area contributed by atoms with Gasteiger partial charge in [-0.2, -0.15) is 0 Å². The average Bonchev–Trinajstić information content (AvgIpc) is 2.36. The Labute approximate surface area is 66.3 Å². The quantitative estimate of drug-likeness (QED) is 0.413. The number of allylic oxidation sites excluding steroid dienone is 1. The molecule has 0 saturated heterocycles. The van der Waals surface area contributed by atoms with Crippen LogP contribution >= 0.6 is 12.2 Å². The highest BCUT2D eigenvalue weighted by Gasteiger charge is 2.03. The minimum absolute atomic E-state index is 0.838. The standard InChI is InChI=1S/C8H9NS/c1-9(2)8(10)7-5-3-4-6-7/h3-5H,1-2H3. The van der Waals surface area contributed by atoms with E-state index in [0.29, 0.717) is 0 Å². The molecule has 0 radical (unpaired) electrons. The summed E-state index contributed by atoms with van der Waals surface area (Å²) >= 11 is 5.09. The molecule has 0 aromatic heterocycles. The van der Waals surface area contributed by atoms with E-state index in [-0.39, 0.29) is 0 Å². The first-order valence-electron chi connectivity index (χ1n) is 3.07. The smallest absolute Gasteiger partial charge is 0.116 e. The van der Waals surface area contributed by atoms with Crippen molar-refractivity contribution in [2.75, 3.05) is 14.1 Å². The summed E-state index contributed by atoms with van der Waals surface area (Å²) in [5, 5.41) is 0. The molecule has 0 spiro atoms. The molecular weight excluding hydrogens is 142 g/mol. The van der Waals surface area contributed by atoms with Crippen LogP contribution in [0.25, 0.3) is 0 Å². The number of nitrogens with zero attached hydrogens (tertiary/aromatic N) is 1. The Morgan fingerprint density at radius 1 is 1.60 bits per heavy atom. The molecule has 10 heavy (non-hydrogen) atoms. The second-order valence-electron chi connectivity index (χ2n) is 2.28. The van der Waals surface area contributed by atoms with E-state index < -0.39 is 0 Å². The summed E-state index contributed by atoms with van der Waals surface area (Å²) in [5.74, 6) is 0. The first kappa shape index (κ1) is 7.26. The van der Waals surface area contributed by atoms with Gasteiger partial charge in [-0.3, -0.25) is 0 Å². The van der Waals surface area contributed by atoms with Crippen LogP contribution in [0.3, 0.4) is 0 Å². The molecule has 1 nitrogen and oxygen atoms in total. The van der Waals surface area contributed by atoms with E-state index in [1.165, 1.54) is 0 Å². The zero-order valence-electron chi connectivity index (χ0n) is 6.09. The molecular formula is C8H9NS. The summed E-state index contributed by atoms with van der Waals surface area (Å²) in [4.78, 5) is 2.74. The summed E-state index contributed by atoms with van der Waals surface area (Å²) in [6.07, 6.45) is 5.76. The fourth-order valence-electron chi connectivity index (χ4n) is 0.704. The van der Waals surface area contributed by atoms with Gasteiger partial charge in [0.1, 0.15) is 4.99 Å². The molecule has 1 aliphatic rings. The third kappa shape index (κ3) is 1.35. The second-order valence-corrected chi connectivity index (χ2v) is 2.67. The topological polar surface area (TPSA) is 3.24 Å². The van der Waals surface area contributed by atoms with Crippen LogP contribution in [0, 0.1) is 0 Å². The monoisotopic (exact) mass is 151 g/mol. The van der Waals surface area contributed by atoms with Crippen LogP contribution in [0.2, 0.25) is 0 Å². The Kier molecular flexibility index (Phi) is 2.05. The maximum Gasteiger partial charge on any atom is 0.116 e. The van der Waals surface area contributed by atoms with Gasteiger partial charge in [0.25, 0.3) is 0 Å². The Bertz CT molecular complexity index is 242. The number of rotatable bonds is 1. The Morgan fingerprint density at radius 3 is 2.70 bits per heavy atom. The molecule has 0 fully saturated rings. The van der Waals surface area contributed by atoms with E-state index in [9.17, 15) is 0 Å². The third-order valence-electron chi connectivity index (χ3n) is 1.23. The lowest BCUT2D eigenvalue weighted by atomic mass is 10.3. The molecule has 1 aliphatic carbocycles. The average molecular weight is 151 g/mol.